The number of hydrogen-bond acceptors (Lipinski definition) is 2. The molecule has 4 N–H and O–H groups in total. The highest BCUT2D eigenvalue weighted by Gasteiger charge is 1.98. The Morgan fingerprint density at radius 3 is 2.83 bits per heavy atom. The highest BCUT2D eigenvalue weighted by Crippen LogP contribution is 2.13. The van der Waals surface area contributed by atoms with E-state index in [1.165, 1.54) is 6.92 Å². The molecule has 1 amide bonds. The zero-order chi connectivity index (χ0) is 13.4. The van der Waals surface area contributed by atoms with Crippen molar-refractivity contribution in [2.24, 2.45) is 5.73 Å². The second-order valence-corrected chi connectivity index (χ2v) is 4.01. The summed E-state index contributed by atoms with van der Waals surface area (Å²) < 4.78 is 0. The van der Waals surface area contributed by atoms with Gasteiger partial charge in [0, 0.05) is 25.5 Å². The van der Waals surface area contributed by atoms with E-state index in [-0.39, 0.29) is 11.0 Å². The molecule has 0 aliphatic rings. The highest BCUT2D eigenvalue weighted by atomic mass is 32.1. The minimum Gasteiger partial charge on any atom is -0.376 e. The quantitative estimate of drug-likeness (QED) is 0.435. The van der Waals surface area contributed by atoms with E-state index in [1.54, 1.807) is 0 Å². The van der Waals surface area contributed by atoms with E-state index in [4.69, 9.17) is 18.0 Å². The van der Waals surface area contributed by atoms with Gasteiger partial charge in [0.2, 0.25) is 5.91 Å². The van der Waals surface area contributed by atoms with Crippen molar-refractivity contribution in [2.45, 2.75) is 13.3 Å². The van der Waals surface area contributed by atoms with Crippen molar-refractivity contribution in [3.8, 4) is 11.8 Å². The van der Waals surface area contributed by atoms with Crippen LogP contribution in [0.3, 0.4) is 0 Å². The van der Waals surface area contributed by atoms with Gasteiger partial charge in [-0.25, -0.2) is 0 Å². The lowest BCUT2D eigenvalue weighted by Gasteiger charge is -2.05. The third kappa shape index (κ3) is 5.32. The average molecular weight is 261 g/mol. The molecule has 0 aliphatic heterocycles. The van der Waals surface area contributed by atoms with Gasteiger partial charge in [-0.3, -0.25) is 4.79 Å². The summed E-state index contributed by atoms with van der Waals surface area (Å²) >= 11 is 4.79. The maximum Gasteiger partial charge on any atom is 0.216 e. The van der Waals surface area contributed by atoms with Gasteiger partial charge < -0.3 is 16.4 Å². The van der Waals surface area contributed by atoms with Gasteiger partial charge in [-0.05, 0) is 24.4 Å². The maximum absolute atomic E-state index is 10.7. The van der Waals surface area contributed by atoms with E-state index in [2.05, 4.69) is 22.5 Å². The van der Waals surface area contributed by atoms with Crippen LogP contribution in [0.25, 0.3) is 0 Å². The number of rotatable bonds is 3. The molecule has 0 saturated heterocycles. The summed E-state index contributed by atoms with van der Waals surface area (Å²) in [6.45, 7) is 2.03. The van der Waals surface area contributed by atoms with Gasteiger partial charge in [0.15, 0.2) is 5.11 Å². The molecule has 0 saturated carbocycles. The minimum absolute atomic E-state index is 0.0488. The fourth-order valence-corrected chi connectivity index (χ4v) is 1.40. The Hall–Kier alpha value is -2.06. The molecule has 4 nitrogen and oxygen atoms in total. The summed E-state index contributed by atoms with van der Waals surface area (Å²) in [4.78, 5) is 10.7. The lowest BCUT2D eigenvalue weighted by Crippen LogP contribution is -2.20. The Morgan fingerprint density at radius 2 is 2.17 bits per heavy atom. The van der Waals surface area contributed by atoms with E-state index in [0.29, 0.717) is 13.0 Å². The SMILES string of the molecule is CC(=O)NCCC#Cc1ccccc1NC(N)=S. The van der Waals surface area contributed by atoms with E-state index >= 15 is 0 Å². The second kappa shape index (κ2) is 7.30. The van der Waals surface area contributed by atoms with E-state index < -0.39 is 0 Å². The van der Waals surface area contributed by atoms with Gasteiger partial charge in [0.25, 0.3) is 0 Å². The van der Waals surface area contributed by atoms with Crippen molar-refractivity contribution in [3.63, 3.8) is 0 Å². The largest absolute Gasteiger partial charge is 0.376 e. The fourth-order valence-electron chi connectivity index (χ4n) is 1.29. The topological polar surface area (TPSA) is 67.2 Å². The van der Waals surface area contributed by atoms with Crippen molar-refractivity contribution >= 4 is 28.9 Å². The Labute approximate surface area is 112 Å². The van der Waals surface area contributed by atoms with Crippen LogP contribution in [0.4, 0.5) is 5.69 Å². The number of hydrogen-bond donors (Lipinski definition) is 3. The second-order valence-electron chi connectivity index (χ2n) is 3.57. The monoisotopic (exact) mass is 261 g/mol. The normalized spacial score (nSPS) is 8.94. The smallest absolute Gasteiger partial charge is 0.216 e. The lowest BCUT2D eigenvalue weighted by molar-refractivity contribution is -0.118. The van der Waals surface area contributed by atoms with Gasteiger partial charge in [-0.1, -0.05) is 24.0 Å². The number of nitrogens with two attached hydrogens (primary N) is 1. The summed E-state index contributed by atoms with van der Waals surface area (Å²) in [5, 5.41) is 5.76. The molecule has 94 valence electrons. The number of carbonyl (C=O) groups is 1. The van der Waals surface area contributed by atoms with Gasteiger partial charge in [0.1, 0.15) is 0 Å². The molecule has 0 bridgehead atoms. The van der Waals surface area contributed by atoms with Gasteiger partial charge >= 0.3 is 0 Å². The zero-order valence-electron chi connectivity index (χ0n) is 10.1. The Morgan fingerprint density at radius 1 is 1.44 bits per heavy atom. The number of nitrogens with one attached hydrogen (secondary N) is 2. The fraction of sp³-hybridized carbons (Fsp3) is 0.231. The molecule has 1 rings (SSSR count). The van der Waals surface area contributed by atoms with E-state index in [9.17, 15) is 4.79 Å². The molecule has 0 heterocycles. The summed E-state index contributed by atoms with van der Waals surface area (Å²) in [6, 6.07) is 7.51. The molecule has 0 fully saturated rings. The third-order valence-electron chi connectivity index (χ3n) is 2.03. The number of benzene rings is 1. The van der Waals surface area contributed by atoms with E-state index in [0.717, 1.165) is 11.3 Å². The van der Waals surface area contributed by atoms with Crippen LogP contribution >= 0.6 is 12.2 Å². The molecule has 0 radical (unpaired) electrons. The van der Waals surface area contributed by atoms with Crippen LogP contribution < -0.4 is 16.4 Å². The molecular formula is C13H15N3OS. The predicted octanol–water partition coefficient (Wildman–Crippen LogP) is 1.22. The van der Waals surface area contributed by atoms with Gasteiger partial charge in [-0.15, -0.1) is 0 Å². The van der Waals surface area contributed by atoms with Crippen LogP contribution in [-0.2, 0) is 4.79 Å². The molecule has 5 heteroatoms. The first-order valence-corrected chi connectivity index (χ1v) is 5.89. The first-order valence-electron chi connectivity index (χ1n) is 5.48. The summed E-state index contributed by atoms with van der Waals surface area (Å²) in [7, 11) is 0. The Kier molecular flexibility index (Phi) is 5.68. The molecule has 0 aliphatic carbocycles. The molecular weight excluding hydrogens is 246 g/mol. The molecule has 1 aromatic carbocycles. The zero-order valence-corrected chi connectivity index (χ0v) is 10.9. The maximum atomic E-state index is 10.7. The minimum atomic E-state index is -0.0488. The summed E-state index contributed by atoms with van der Waals surface area (Å²) in [5.74, 6) is 5.95. The summed E-state index contributed by atoms with van der Waals surface area (Å²) in [5.41, 5.74) is 7.04. The third-order valence-corrected chi connectivity index (χ3v) is 2.13. The van der Waals surface area contributed by atoms with Crippen molar-refractivity contribution in [3.05, 3.63) is 29.8 Å². The number of carbonyl (C=O) groups excluding carboxylic acids is 1. The molecule has 0 spiro atoms. The number of amides is 1. The Bertz CT molecular complexity index is 502. The molecule has 0 atom stereocenters. The number of anilines is 1. The predicted molar refractivity (Wildman–Crippen MR) is 77.0 cm³/mol. The molecule has 0 aromatic heterocycles. The Balaban J connectivity index is 2.63. The van der Waals surface area contributed by atoms with Crippen molar-refractivity contribution in [1.82, 2.24) is 5.32 Å². The lowest BCUT2D eigenvalue weighted by atomic mass is 10.2. The molecule has 1 aromatic rings. The van der Waals surface area contributed by atoms with Crippen LogP contribution in [0.2, 0.25) is 0 Å². The number of para-hydroxylation sites is 1. The summed E-state index contributed by atoms with van der Waals surface area (Å²) in [6.07, 6.45) is 0.598. The molecule has 18 heavy (non-hydrogen) atoms. The van der Waals surface area contributed by atoms with Crippen LogP contribution in [0.15, 0.2) is 24.3 Å². The van der Waals surface area contributed by atoms with E-state index in [1.807, 2.05) is 24.3 Å². The molecule has 0 unspecified atom stereocenters. The highest BCUT2D eigenvalue weighted by molar-refractivity contribution is 7.80. The van der Waals surface area contributed by atoms with Crippen molar-refractivity contribution in [2.75, 3.05) is 11.9 Å². The van der Waals surface area contributed by atoms with Crippen LogP contribution in [0.5, 0.6) is 0 Å². The first kappa shape index (κ1) is 14.0. The van der Waals surface area contributed by atoms with Crippen LogP contribution in [-0.4, -0.2) is 17.6 Å². The van der Waals surface area contributed by atoms with Crippen molar-refractivity contribution < 1.29 is 4.79 Å². The van der Waals surface area contributed by atoms with Crippen LogP contribution in [0.1, 0.15) is 18.9 Å². The van der Waals surface area contributed by atoms with Gasteiger partial charge in [0.05, 0.1) is 5.69 Å². The first-order chi connectivity index (χ1) is 8.59. The van der Waals surface area contributed by atoms with Crippen molar-refractivity contribution in [1.29, 1.82) is 0 Å². The van der Waals surface area contributed by atoms with Crippen LogP contribution in [0, 0.1) is 11.8 Å². The average Bonchev–Trinajstić information content (AvgIpc) is 2.29. The standard InChI is InChI=1S/C13H15N3OS/c1-10(17)15-9-5-4-7-11-6-2-3-8-12(11)16-13(14)18/h2-3,6,8H,5,9H2,1H3,(H,15,17)(H3,14,16,18). The number of thiocarbonyl (C=S) groups is 1. The van der Waals surface area contributed by atoms with Gasteiger partial charge in [-0.2, -0.15) is 0 Å².